The summed E-state index contributed by atoms with van der Waals surface area (Å²) in [5.41, 5.74) is -0.435. The molecular weight excluding hydrogens is 252 g/mol. The van der Waals surface area contributed by atoms with Crippen molar-refractivity contribution in [2.24, 2.45) is 0 Å². The Bertz CT molecular complexity index is 635. The van der Waals surface area contributed by atoms with Crippen molar-refractivity contribution in [3.63, 3.8) is 0 Å². The monoisotopic (exact) mass is 258 g/mol. The van der Waals surface area contributed by atoms with E-state index in [0.29, 0.717) is 6.29 Å². The highest BCUT2D eigenvalue weighted by molar-refractivity contribution is 5.94. The van der Waals surface area contributed by atoms with E-state index < -0.39 is 11.9 Å². The van der Waals surface area contributed by atoms with Crippen LogP contribution in [0.4, 0.5) is 0 Å². The van der Waals surface area contributed by atoms with Gasteiger partial charge in [0.05, 0.1) is 11.9 Å². The number of carboxylic acids is 2. The number of rotatable bonds is 4. The highest BCUT2D eigenvalue weighted by Crippen LogP contribution is 2.24. The first kappa shape index (κ1) is 12.6. The molecule has 6 nitrogen and oxygen atoms in total. The van der Waals surface area contributed by atoms with Gasteiger partial charge in [-0.05, 0) is 41.5 Å². The zero-order valence-corrected chi connectivity index (χ0v) is 9.41. The van der Waals surface area contributed by atoms with Crippen LogP contribution in [0.2, 0.25) is 0 Å². The Hall–Kier alpha value is -2.89. The molecule has 19 heavy (non-hydrogen) atoms. The maximum absolute atomic E-state index is 10.8. The van der Waals surface area contributed by atoms with Crippen LogP contribution in [-0.2, 0) is 0 Å². The predicted octanol–water partition coefficient (Wildman–Crippen LogP) is -0.514. The molecule has 1 heterocycles. The van der Waals surface area contributed by atoms with Crippen molar-refractivity contribution in [2.45, 2.75) is 0 Å². The number of carbonyl (C=O) groups excluding carboxylic acids is 3. The van der Waals surface area contributed by atoms with Crippen molar-refractivity contribution in [3.8, 4) is 11.3 Å². The summed E-state index contributed by atoms with van der Waals surface area (Å²) in [5.74, 6) is -2.82. The zero-order chi connectivity index (χ0) is 14.0. The smallest absolute Gasteiger partial charge is 0.185 e. The van der Waals surface area contributed by atoms with Crippen molar-refractivity contribution in [3.05, 3.63) is 47.2 Å². The largest absolute Gasteiger partial charge is 0.545 e. The summed E-state index contributed by atoms with van der Waals surface area (Å²) < 4.78 is 5.09. The van der Waals surface area contributed by atoms with Crippen molar-refractivity contribution < 1.29 is 29.0 Å². The van der Waals surface area contributed by atoms with Gasteiger partial charge >= 0.3 is 0 Å². The summed E-state index contributed by atoms with van der Waals surface area (Å²) in [5, 5.41) is 21.6. The fourth-order valence-corrected chi connectivity index (χ4v) is 1.58. The van der Waals surface area contributed by atoms with Crippen LogP contribution in [0, 0.1) is 0 Å². The van der Waals surface area contributed by atoms with E-state index in [-0.39, 0.29) is 28.2 Å². The minimum atomic E-state index is -1.52. The van der Waals surface area contributed by atoms with Crippen LogP contribution in [0.3, 0.4) is 0 Å². The molecule has 2 aromatic rings. The first-order chi connectivity index (χ1) is 9.01. The number of hydrogen-bond donors (Lipinski definition) is 0. The molecule has 0 amide bonds. The molecular formula is C13H6O6-2. The summed E-state index contributed by atoms with van der Waals surface area (Å²) in [6.07, 6.45) is 0.478. The van der Waals surface area contributed by atoms with Crippen LogP contribution in [0.15, 0.2) is 34.7 Å². The highest BCUT2D eigenvalue weighted by Gasteiger charge is 2.08. The maximum Gasteiger partial charge on any atom is 0.185 e. The van der Waals surface area contributed by atoms with Gasteiger partial charge in [0.15, 0.2) is 12.0 Å². The van der Waals surface area contributed by atoms with E-state index in [4.69, 9.17) is 4.42 Å². The Morgan fingerprint density at radius 3 is 2.00 bits per heavy atom. The summed E-state index contributed by atoms with van der Waals surface area (Å²) in [7, 11) is 0. The van der Waals surface area contributed by atoms with Crippen LogP contribution in [0.1, 0.15) is 31.3 Å². The van der Waals surface area contributed by atoms with Crippen LogP contribution >= 0.6 is 0 Å². The molecule has 0 aliphatic heterocycles. The van der Waals surface area contributed by atoms with Gasteiger partial charge in [0.2, 0.25) is 0 Å². The lowest BCUT2D eigenvalue weighted by Crippen LogP contribution is -2.25. The predicted molar refractivity (Wildman–Crippen MR) is 58.2 cm³/mol. The lowest BCUT2D eigenvalue weighted by atomic mass is 10.0. The molecule has 0 saturated heterocycles. The molecule has 0 unspecified atom stereocenters. The van der Waals surface area contributed by atoms with Crippen LogP contribution in [-0.4, -0.2) is 18.2 Å². The Balaban J connectivity index is 2.58. The second kappa shape index (κ2) is 4.77. The molecule has 1 aromatic heterocycles. The maximum atomic E-state index is 10.8. The van der Waals surface area contributed by atoms with Crippen molar-refractivity contribution in [1.82, 2.24) is 0 Å². The third kappa shape index (κ3) is 2.52. The average molecular weight is 258 g/mol. The second-order valence-electron chi connectivity index (χ2n) is 3.69. The molecule has 0 atom stereocenters. The van der Waals surface area contributed by atoms with Gasteiger partial charge in [-0.15, -0.1) is 0 Å². The fraction of sp³-hybridized carbons (Fsp3) is 0. The van der Waals surface area contributed by atoms with E-state index >= 15 is 0 Å². The number of carbonyl (C=O) groups is 3. The normalized spacial score (nSPS) is 10.1. The molecule has 0 N–H and O–H groups in total. The molecule has 0 aliphatic rings. The van der Waals surface area contributed by atoms with Crippen LogP contribution < -0.4 is 10.2 Å². The third-order valence-corrected chi connectivity index (χ3v) is 2.43. The lowest BCUT2D eigenvalue weighted by molar-refractivity contribution is -0.255. The highest BCUT2D eigenvalue weighted by atomic mass is 16.4. The van der Waals surface area contributed by atoms with Crippen molar-refractivity contribution in [1.29, 1.82) is 0 Å². The Morgan fingerprint density at radius 2 is 1.58 bits per heavy atom. The molecule has 1 aromatic carbocycles. The first-order valence-electron chi connectivity index (χ1n) is 5.14. The summed E-state index contributed by atoms with van der Waals surface area (Å²) in [6.45, 7) is 0. The van der Waals surface area contributed by atoms with Crippen molar-refractivity contribution >= 4 is 18.2 Å². The van der Waals surface area contributed by atoms with Gasteiger partial charge < -0.3 is 24.2 Å². The average Bonchev–Trinajstić information content (AvgIpc) is 2.86. The van der Waals surface area contributed by atoms with Crippen LogP contribution in [0.25, 0.3) is 11.3 Å². The van der Waals surface area contributed by atoms with Gasteiger partial charge in [-0.2, -0.15) is 0 Å². The number of carboxylic acid groups (broad SMARTS) is 2. The molecule has 0 aliphatic carbocycles. The summed E-state index contributed by atoms with van der Waals surface area (Å²) in [6, 6.07) is 6.12. The second-order valence-corrected chi connectivity index (χ2v) is 3.69. The topological polar surface area (TPSA) is 110 Å². The minimum Gasteiger partial charge on any atom is -0.545 e. The molecule has 0 radical (unpaired) electrons. The fourth-order valence-electron chi connectivity index (χ4n) is 1.58. The van der Waals surface area contributed by atoms with Gasteiger partial charge in [-0.1, -0.05) is 0 Å². The van der Waals surface area contributed by atoms with Gasteiger partial charge in [-0.25, -0.2) is 0 Å². The van der Waals surface area contributed by atoms with Gasteiger partial charge in [0.25, 0.3) is 0 Å². The minimum absolute atomic E-state index is 0.0452. The Morgan fingerprint density at radius 1 is 1.00 bits per heavy atom. The van der Waals surface area contributed by atoms with E-state index in [1.165, 1.54) is 24.3 Å². The number of aromatic carboxylic acids is 2. The Labute approximate surface area is 106 Å². The van der Waals surface area contributed by atoms with E-state index in [9.17, 15) is 24.6 Å². The van der Waals surface area contributed by atoms with E-state index in [1.54, 1.807) is 0 Å². The lowest BCUT2D eigenvalue weighted by Gasteiger charge is -2.09. The molecule has 0 saturated carbocycles. The molecule has 0 bridgehead atoms. The standard InChI is InChI=1S/C13H8O6/c14-6-10-1-2-11(19-10)7-3-8(12(15)16)5-9(4-7)13(17)18/h1-6H,(H,15,16)(H,17,18)/p-2. The van der Waals surface area contributed by atoms with Crippen LogP contribution in [0.5, 0.6) is 0 Å². The van der Waals surface area contributed by atoms with Gasteiger partial charge in [-0.3, -0.25) is 4.79 Å². The Kier molecular flexibility index (Phi) is 3.15. The zero-order valence-electron chi connectivity index (χ0n) is 9.41. The van der Waals surface area contributed by atoms with E-state index in [2.05, 4.69) is 0 Å². The molecule has 96 valence electrons. The quantitative estimate of drug-likeness (QED) is 0.682. The first-order valence-corrected chi connectivity index (χ1v) is 5.14. The number of aldehydes is 1. The molecule has 0 fully saturated rings. The van der Waals surface area contributed by atoms with Crippen molar-refractivity contribution in [2.75, 3.05) is 0 Å². The third-order valence-electron chi connectivity index (χ3n) is 2.43. The number of hydrogen-bond acceptors (Lipinski definition) is 6. The number of benzene rings is 1. The number of furan rings is 1. The molecule has 2 rings (SSSR count). The molecule has 6 heteroatoms. The van der Waals surface area contributed by atoms with E-state index in [0.717, 1.165) is 6.07 Å². The van der Waals surface area contributed by atoms with Gasteiger partial charge in [0.1, 0.15) is 5.76 Å². The summed E-state index contributed by atoms with van der Waals surface area (Å²) >= 11 is 0. The SMILES string of the molecule is O=Cc1ccc(-c2cc(C(=O)[O-])cc(C(=O)[O-])c2)o1. The summed E-state index contributed by atoms with van der Waals surface area (Å²) in [4.78, 5) is 32.1. The van der Waals surface area contributed by atoms with Gasteiger partial charge in [0, 0.05) is 5.56 Å². The molecule has 0 spiro atoms. The van der Waals surface area contributed by atoms with E-state index in [1.807, 2.05) is 0 Å².